The third kappa shape index (κ3) is 2.83. The first-order valence-electron chi connectivity index (χ1n) is 7.18. The van der Waals surface area contributed by atoms with Gasteiger partial charge in [-0.25, -0.2) is 0 Å². The highest BCUT2D eigenvalue weighted by Gasteiger charge is 2.30. The first-order chi connectivity index (χ1) is 11.2. The van der Waals surface area contributed by atoms with Gasteiger partial charge in [-0.05, 0) is 24.3 Å². The normalized spacial score (nSPS) is 14.3. The van der Waals surface area contributed by atoms with Crippen LogP contribution in [0.5, 0.6) is 17.2 Å². The van der Waals surface area contributed by atoms with E-state index < -0.39 is 0 Å². The minimum absolute atomic E-state index is 0.169. The number of ketones is 1. The summed E-state index contributed by atoms with van der Waals surface area (Å²) in [6, 6.07) is 12.7. The van der Waals surface area contributed by atoms with Gasteiger partial charge in [0.2, 0.25) is 5.78 Å². The van der Waals surface area contributed by atoms with Crippen LogP contribution in [0.2, 0.25) is 0 Å². The lowest BCUT2D eigenvalue weighted by Gasteiger charge is -2.07. The van der Waals surface area contributed by atoms with Gasteiger partial charge in [-0.1, -0.05) is 36.9 Å². The van der Waals surface area contributed by atoms with Crippen LogP contribution in [0.4, 0.5) is 0 Å². The number of ether oxygens (including phenoxy) is 3. The van der Waals surface area contributed by atoms with Crippen molar-refractivity contribution >= 4 is 11.9 Å². The van der Waals surface area contributed by atoms with Gasteiger partial charge in [0.25, 0.3) is 0 Å². The number of hydrogen-bond donors (Lipinski definition) is 0. The van der Waals surface area contributed by atoms with Crippen LogP contribution in [0.15, 0.2) is 60.9 Å². The number of para-hydroxylation sites is 2. The molecule has 0 aromatic heterocycles. The number of benzene rings is 2. The van der Waals surface area contributed by atoms with Crippen molar-refractivity contribution in [3.8, 4) is 17.2 Å². The molecule has 2 aromatic carbocycles. The second kappa shape index (κ2) is 6.40. The number of rotatable bonds is 5. The zero-order chi connectivity index (χ0) is 16.2. The molecule has 0 amide bonds. The topological polar surface area (TPSA) is 44.8 Å². The van der Waals surface area contributed by atoms with Crippen LogP contribution in [-0.4, -0.2) is 19.5 Å². The summed E-state index contributed by atoms with van der Waals surface area (Å²) in [5.74, 6) is 1.74. The largest absolute Gasteiger partial charge is 0.493 e. The molecule has 0 aliphatic carbocycles. The third-order valence-corrected chi connectivity index (χ3v) is 3.44. The van der Waals surface area contributed by atoms with Gasteiger partial charge in [0.05, 0.1) is 12.7 Å². The fourth-order valence-electron chi connectivity index (χ4n) is 2.37. The summed E-state index contributed by atoms with van der Waals surface area (Å²) in [4.78, 5) is 12.5. The summed E-state index contributed by atoms with van der Waals surface area (Å²) in [6.45, 7) is 4.03. The number of fused-ring (bicyclic) bond motifs is 1. The Bertz CT molecular complexity index is 790. The Kier molecular flexibility index (Phi) is 4.15. The Morgan fingerprint density at radius 3 is 2.70 bits per heavy atom. The lowest BCUT2D eigenvalue weighted by Crippen LogP contribution is -2.00. The first kappa shape index (κ1) is 14.9. The lowest BCUT2D eigenvalue weighted by molar-refractivity contribution is 0.101. The molecule has 0 saturated heterocycles. The molecule has 0 N–H and O–H groups in total. The summed E-state index contributed by atoms with van der Waals surface area (Å²) in [6.07, 6.45) is 3.35. The summed E-state index contributed by atoms with van der Waals surface area (Å²) in [7, 11) is 1.55. The Labute approximate surface area is 134 Å². The van der Waals surface area contributed by atoms with E-state index in [9.17, 15) is 4.79 Å². The molecule has 3 rings (SSSR count). The van der Waals surface area contributed by atoms with Crippen LogP contribution in [0, 0.1) is 0 Å². The summed E-state index contributed by atoms with van der Waals surface area (Å²) < 4.78 is 16.6. The molecular weight excluding hydrogens is 292 g/mol. The molecule has 0 unspecified atom stereocenters. The third-order valence-electron chi connectivity index (χ3n) is 3.44. The Morgan fingerprint density at radius 2 is 1.91 bits per heavy atom. The van der Waals surface area contributed by atoms with E-state index in [1.165, 1.54) is 0 Å². The van der Waals surface area contributed by atoms with Crippen molar-refractivity contribution in [3.63, 3.8) is 0 Å². The highest BCUT2D eigenvalue weighted by molar-refractivity contribution is 6.15. The molecule has 0 atom stereocenters. The SMILES string of the molecule is C=CCOc1ccccc1/C=C1/Oc2c(OC)cccc2C1=O. The van der Waals surface area contributed by atoms with Crippen molar-refractivity contribution in [1.82, 2.24) is 0 Å². The van der Waals surface area contributed by atoms with E-state index in [0.29, 0.717) is 29.4 Å². The van der Waals surface area contributed by atoms with Crippen molar-refractivity contribution < 1.29 is 19.0 Å². The van der Waals surface area contributed by atoms with Crippen LogP contribution in [0.1, 0.15) is 15.9 Å². The second-order valence-corrected chi connectivity index (χ2v) is 4.91. The van der Waals surface area contributed by atoms with Crippen molar-refractivity contribution in [2.75, 3.05) is 13.7 Å². The molecule has 2 aromatic rings. The molecule has 1 heterocycles. The molecule has 0 bridgehead atoms. The minimum Gasteiger partial charge on any atom is -0.493 e. The monoisotopic (exact) mass is 308 g/mol. The highest BCUT2D eigenvalue weighted by Crippen LogP contribution is 2.39. The maximum atomic E-state index is 12.5. The molecule has 0 fully saturated rings. The van der Waals surface area contributed by atoms with Crippen molar-refractivity contribution in [3.05, 3.63) is 72.0 Å². The van der Waals surface area contributed by atoms with Crippen molar-refractivity contribution in [2.45, 2.75) is 0 Å². The van der Waals surface area contributed by atoms with Crippen molar-refractivity contribution in [1.29, 1.82) is 0 Å². The predicted octanol–water partition coefficient (Wildman–Crippen LogP) is 3.88. The number of allylic oxidation sites excluding steroid dienone is 1. The molecule has 0 spiro atoms. The molecule has 1 aliphatic heterocycles. The Balaban J connectivity index is 1.97. The number of methoxy groups -OCH3 is 1. The Morgan fingerprint density at radius 1 is 1.13 bits per heavy atom. The maximum absolute atomic E-state index is 12.5. The van der Waals surface area contributed by atoms with E-state index in [4.69, 9.17) is 14.2 Å². The second-order valence-electron chi connectivity index (χ2n) is 4.91. The average molecular weight is 308 g/mol. The van der Waals surface area contributed by atoms with Gasteiger partial charge in [0.15, 0.2) is 17.3 Å². The zero-order valence-corrected chi connectivity index (χ0v) is 12.7. The smallest absolute Gasteiger partial charge is 0.232 e. The van der Waals surface area contributed by atoms with Gasteiger partial charge < -0.3 is 14.2 Å². The minimum atomic E-state index is -0.169. The highest BCUT2D eigenvalue weighted by atomic mass is 16.5. The maximum Gasteiger partial charge on any atom is 0.232 e. The molecule has 1 aliphatic rings. The van der Waals surface area contributed by atoms with Crippen LogP contribution in [0.25, 0.3) is 6.08 Å². The van der Waals surface area contributed by atoms with Gasteiger partial charge in [0.1, 0.15) is 12.4 Å². The zero-order valence-electron chi connectivity index (χ0n) is 12.7. The number of Topliss-reactive ketones (excluding diaryl/α,β-unsaturated/α-hetero) is 1. The van der Waals surface area contributed by atoms with E-state index in [2.05, 4.69) is 6.58 Å². The van der Waals surface area contributed by atoms with Gasteiger partial charge in [-0.2, -0.15) is 0 Å². The van der Waals surface area contributed by atoms with E-state index in [1.54, 1.807) is 37.5 Å². The van der Waals surface area contributed by atoms with Gasteiger partial charge in [-0.3, -0.25) is 4.79 Å². The predicted molar refractivity (Wildman–Crippen MR) is 88.1 cm³/mol. The van der Waals surface area contributed by atoms with E-state index in [0.717, 1.165) is 5.56 Å². The van der Waals surface area contributed by atoms with Crippen LogP contribution >= 0.6 is 0 Å². The van der Waals surface area contributed by atoms with Crippen molar-refractivity contribution in [2.24, 2.45) is 0 Å². The molecule has 4 heteroatoms. The molecular formula is C19H16O4. The Hall–Kier alpha value is -3.01. The number of carbonyl (C=O) groups excluding carboxylic acids is 1. The van der Waals surface area contributed by atoms with E-state index in [1.807, 2.05) is 24.3 Å². The molecule has 4 nitrogen and oxygen atoms in total. The van der Waals surface area contributed by atoms with Gasteiger partial charge in [0, 0.05) is 5.56 Å². The fraction of sp³-hybridized carbons (Fsp3) is 0.105. The lowest BCUT2D eigenvalue weighted by atomic mass is 10.1. The summed E-state index contributed by atoms with van der Waals surface area (Å²) in [5.41, 5.74) is 1.27. The van der Waals surface area contributed by atoms with Crippen LogP contribution in [0.3, 0.4) is 0 Å². The molecule has 23 heavy (non-hydrogen) atoms. The van der Waals surface area contributed by atoms with Gasteiger partial charge >= 0.3 is 0 Å². The first-order valence-corrected chi connectivity index (χ1v) is 7.18. The fourth-order valence-corrected chi connectivity index (χ4v) is 2.37. The van der Waals surface area contributed by atoms with Crippen LogP contribution in [-0.2, 0) is 0 Å². The standard InChI is InChI=1S/C19H16O4/c1-3-11-22-15-9-5-4-7-13(15)12-17-18(20)14-8-6-10-16(21-2)19(14)23-17/h3-10,12H,1,11H2,2H3/b17-12+. The molecule has 116 valence electrons. The average Bonchev–Trinajstić information content (AvgIpc) is 2.90. The van der Waals surface area contributed by atoms with E-state index in [-0.39, 0.29) is 11.5 Å². The quantitative estimate of drug-likeness (QED) is 0.621. The molecule has 0 saturated carbocycles. The van der Waals surface area contributed by atoms with E-state index >= 15 is 0 Å². The van der Waals surface area contributed by atoms with Gasteiger partial charge in [-0.15, -0.1) is 0 Å². The number of hydrogen-bond acceptors (Lipinski definition) is 4. The van der Waals surface area contributed by atoms with Crippen LogP contribution < -0.4 is 14.2 Å². The summed E-state index contributed by atoms with van der Waals surface area (Å²) in [5, 5.41) is 0. The number of carbonyl (C=O) groups is 1. The summed E-state index contributed by atoms with van der Waals surface area (Å²) >= 11 is 0. The molecule has 0 radical (unpaired) electrons.